The van der Waals surface area contributed by atoms with E-state index in [9.17, 15) is 14.9 Å². The number of carbonyl (C=O) groups is 1. The number of amides is 2. The van der Waals surface area contributed by atoms with Gasteiger partial charge in [-0.3, -0.25) is 9.36 Å². The first-order valence-corrected chi connectivity index (χ1v) is 11.3. The summed E-state index contributed by atoms with van der Waals surface area (Å²) < 4.78 is 1.49. The van der Waals surface area contributed by atoms with E-state index in [-0.39, 0.29) is 28.8 Å². The fraction of sp³-hybridized carbons (Fsp3) is 0.200. The summed E-state index contributed by atoms with van der Waals surface area (Å²) in [6.45, 7) is 5.95. The number of anilines is 3. The SMILES string of the molecule is CCNC(=O)Nc1cccc(-n2c(C(C)Nc3ncnc(N)c3C#N)nc3cccc(C)c3c2=O)c1. The monoisotopic (exact) mass is 483 g/mol. The van der Waals surface area contributed by atoms with Crippen molar-refractivity contribution in [3.05, 3.63) is 76.1 Å². The van der Waals surface area contributed by atoms with Gasteiger partial charge in [-0.25, -0.2) is 19.7 Å². The Labute approximate surface area is 207 Å². The van der Waals surface area contributed by atoms with Crippen LogP contribution in [0.25, 0.3) is 16.6 Å². The zero-order chi connectivity index (χ0) is 25.8. The summed E-state index contributed by atoms with van der Waals surface area (Å²) in [5, 5.41) is 18.6. The predicted octanol–water partition coefficient (Wildman–Crippen LogP) is 3.25. The van der Waals surface area contributed by atoms with Gasteiger partial charge in [0, 0.05) is 12.2 Å². The highest BCUT2D eigenvalue weighted by Gasteiger charge is 2.21. The normalized spacial score (nSPS) is 11.5. The lowest BCUT2D eigenvalue weighted by atomic mass is 10.1. The number of aryl methyl sites for hydroxylation is 1. The Balaban J connectivity index is 1.88. The van der Waals surface area contributed by atoms with Gasteiger partial charge < -0.3 is 21.7 Å². The molecule has 4 rings (SSSR count). The third-order valence-corrected chi connectivity index (χ3v) is 5.56. The number of nitrogens with zero attached hydrogens (tertiary/aromatic N) is 5. The topological polar surface area (TPSA) is 164 Å². The van der Waals surface area contributed by atoms with Crippen molar-refractivity contribution in [3.63, 3.8) is 0 Å². The lowest BCUT2D eigenvalue weighted by Crippen LogP contribution is -2.29. The lowest BCUT2D eigenvalue weighted by molar-refractivity contribution is 0.252. The van der Waals surface area contributed by atoms with Crippen LogP contribution in [0, 0.1) is 18.3 Å². The highest BCUT2D eigenvalue weighted by molar-refractivity contribution is 5.89. The number of nitrogens with one attached hydrogen (secondary N) is 3. The molecule has 182 valence electrons. The zero-order valence-electron chi connectivity index (χ0n) is 20.0. The van der Waals surface area contributed by atoms with Crippen molar-refractivity contribution in [3.8, 4) is 11.8 Å². The molecule has 0 radical (unpaired) electrons. The molecular formula is C25H25N9O2. The van der Waals surface area contributed by atoms with Gasteiger partial charge in [0.2, 0.25) is 0 Å². The van der Waals surface area contributed by atoms with E-state index < -0.39 is 6.04 Å². The predicted molar refractivity (Wildman–Crippen MR) is 138 cm³/mol. The summed E-state index contributed by atoms with van der Waals surface area (Å²) in [5.74, 6) is 0.662. The van der Waals surface area contributed by atoms with Crippen molar-refractivity contribution >= 4 is 34.3 Å². The van der Waals surface area contributed by atoms with Crippen LogP contribution in [0.3, 0.4) is 0 Å². The Hall–Kier alpha value is -4.98. The fourth-order valence-corrected chi connectivity index (χ4v) is 3.90. The van der Waals surface area contributed by atoms with Gasteiger partial charge in [0.25, 0.3) is 5.56 Å². The Kier molecular flexibility index (Phi) is 6.78. The van der Waals surface area contributed by atoms with Crippen LogP contribution in [-0.2, 0) is 0 Å². The number of aromatic nitrogens is 4. The van der Waals surface area contributed by atoms with Crippen molar-refractivity contribution in [2.45, 2.75) is 26.8 Å². The molecule has 2 heterocycles. The maximum absolute atomic E-state index is 13.8. The minimum Gasteiger partial charge on any atom is -0.382 e. The van der Waals surface area contributed by atoms with Crippen molar-refractivity contribution < 1.29 is 4.79 Å². The maximum atomic E-state index is 13.8. The molecule has 2 aromatic carbocycles. The molecule has 0 aliphatic carbocycles. The lowest BCUT2D eigenvalue weighted by Gasteiger charge is -2.21. The van der Waals surface area contributed by atoms with Gasteiger partial charge in [0.15, 0.2) is 0 Å². The quantitative estimate of drug-likeness (QED) is 0.325. The molecule has 36 heavy (non-hydrogen) atoms. The molecule has 0 fully saturated rings. The molecular weight excluding hydrogens is 458 g/mol. The van der Waals surface area contributed by atoms with Gasteiger partial charge in [-0.05, 0) is 50.6 Å². The van der Waals surface area contributed by atoms with E-state index >= 15 is 0 Å². The third kappa shape index (κ3) is 4.65. The van der Waals surface area contributed by atoms with E-state index in [1.165, 1.54) is 10.9 Å². The molecule has 2 amide bonds. The highest BCUT2D eigenvalue weighted by Crippen LogP contribution is 2.25. The standard InChI is InChI=1S/C25H25N9O2/c1-4-28-25(36)32-16-8-6-9-17(11-16)34-23(33-19-10-5-7-14(2)20(19)24(34)35)15(3)31-22-18(12-26)21(27)29-13-30-22/h5-11,13,15H,4H2,1-3H3,(H2,28,32,36)(H3,27,29,30,31). The summed E-state index contributed by atoms with van der Waals surface area (Å²) in [4.78, 5) is 38.7. The van der Waals surface area contributed by atoms with Crippen LogP contribution in [0.15, 0.2) is 53.6 Å². The Bertz CT molecular complexity index is 1560. The van der Waals surface area contributed by atoms with Crippen molar-refractivity contribution in [1.29, 1.82) is 5.26 Å². The highest BCUT2D eigenvalue weighted by atomic mass is 16.2. The molecule has 0 aliphatic rings. The second-order valence-electron chi connectivity index (χ2n) is 8.07. The fourth-order valence-electron chi connectivity index (χ4n) is 3.90. The summed E-state index contributed by atoms with van der Waals surface area (Å²) in [7, 11) is 0. The van der Waals surface area contributed by atoms with Crippen LogP contribution in [0.2, 0.25) is 0 Å². The second kappa shape index (κ2) is 10.1. The number of urea groups is 1. The van der Waals surface area contributed by atoms with Crippen LogP contribution >= 0.6 is 0 Å². The number of nitriles is 1. The molecule has 0 saturated carbocycles. The minimum atomic E-state index is -0.566. The minimum absolute atomic E-state index is 0.0471. The van der Waals surface area contributed by atoms with Gasteiger partial charge in [-0.2, -0.15) is 5.26 Å². The molecule has 11 nitrogen and oxygen atoms in total. The van der Waals surface area contributed by atoms with Crippen LogP contribution in [0.1, 0.15) is 36.8 Å². The molecule has 11 heteroatoms. The third-order valence-electron chi connectivity index (χ3n) is 5.56. The number of nitrogen functional groups attached to an aromatic ring is 1. The number of hydrogen-bond acceptors (Lipinski definition) is 8. The van der Waals surface area contributed by atoms with Gasteiger partial charge >= 0.3 is 6.03 Å². The van der Waals surface area contributed by atoms with E-state index in [1.54, 1.807) is 37.3 Å². The van der Waals surface area contributed by atoms with Crippen molar-refractivity contribution in [1.82, 2.24) is 24.8 Å². The molecule has 0 spiro atoms. The number of benzene rings is 2. The second-order valence-corrected chi connectivity index (χ2v) is 8.07. The molecule has 2 aromatic heterocycles. The summed E-state index contributed by atoms with van der Waals surface area (Å²) in [6, 6.07) is 13.5. The number of nitrogens with two attached hydrogens (primary N) is 1. The number of rotatable bonds is 6. The van der Waals surface area contributed by atoms with E-state index in [1.807, 2.05) is 32.0 Å². The van der Waals surface area contributed by atoms with Crippen molar-refractivity contribution in [2.75, 3.05) is 22.9 Å². The van der Waals surface area contributed by atoms with E-state index in [0.717, 1.165) is 5.56 Å². The zero-order valence-corrected chi connectivity index (χ0v) is 20.0. The largest absolute Gasteiger partial charge is 0.382 e. The van der Waals surface area contributed by atoms with E-state index in [0.29, 0.717) is 34.6 Å². The summed E-state index contributed by atoms with van der Waals surface area (Å²) >= 11 is 0. The average molecular weight is 484 g/mol. The smallest absolute Gasteiger partial charge is 0.319 e. The molecule has 0 saturated heterocycles. The molecule has 5 N–H and O–H groups in total. The van der Waals surface area contributed by atoms with Gasteiger partial charge in [0.1, 0.15) is 35.4 Å². The first-order chi connectivity index (χ1) is 17.3. The van der Waals surface area contributed by atoms with E-state index in [2.05, 4.69) is 25.9 Å². The Morgan fingerprint density at radius 2 is 2.00 bits per heavy atom. The van der Waals surface area contributed by atoms with Crippen LogP contribution in [0.4, 0.5) is 22.1 Å². The Morgan fingerprint density at radius 3 is 2.75 bits per heavy atom. The van der Waals surface area contributed by atoms with Crippen LogP contribution < -0.4 is 27.2 Å². The maximum Gasteiger partial charge on any atom is 0.319 e. The first kappa shape index (κ1) is 24.2. The molecule has 4 aromatic rings. The number of carbonyl (C=O) groups excluding carboxylic acids is 1. The number of fused-ring (bicyclic) bond motifs is 1. The molecule has 1 unspecified atom stereocenters. The summed E-state index contributed by atoms with van der Waals surface area (Å²) in [6.07, 6.45) is 1.26. The molecule has 1 atom stereocenters. The van der Waals surface area contributed by atoms with Gasteiger partial charge in [-0.1, -0.05) is 18.2 Å². The van der Waals surface area contributed by atoms with Crippen molar-refractivity contribution in [2.24, 2.45) is 0 Å². The average Bonchev–Trinajstić information content (AvgIpc) is 2.84. The van der Waals surface area contributed by atoms with Crippen LogP contribution in [0.5, 0.6) is 0 Å². The van der Waals surface area contributed by atoms with Gasteiger partial charge in [0.05, 0.1) is 22.6 Å². The first-order valence-electron chi connectivity index (χ1n) is 11.3. The molecule has 0 aliphatic heterocycles. The molecule has 0 bridgehead atoms. The summed E-state index contributed by atoms with van der Waals surface area (Å²) in [5.41, 5.74) is 8.03. The van der Waals surface area contributed by atoms with E-state index in [4.69, 9.17) is 10.7 Å². The number of hydrogen-bond donors (Lipinski definition) is 4. The van der Waals surface area contributed by atoms with Crippen LogP contribution in [-0.4, -0.2) is 32.1 Å². The Morgan fingerprint density at radius 1 is 1.22 bits per heavy atom. The van der Waals surface area contributed by atoms with Gasteiger partial charge in [-0.15, -0.1) is 0 Å².